The first kappa shape index (κ1) is 14.1. The molecule has 0 bridgehead atoms. The molecular formula is C18H21NO2. The summed E-state index contributed by atoms with van der Waals surface area (Å²) in [5.41, 5.74) is 1.34. The summed E-state index contributed by atoms with van der Waals surface area (Å²) in [7, 11) is 0. The lowest BCUT2D eigenvalue weighted by Gasteiger charge is -2.16. The predicted octanol–water partition coefficient (Wildman–Crippen LogP) is 3.53. The molecule has 0 radical (unpaired) electrons. The molecule has 3 rings (SSSR count). The average molecular weight is 283 g/mol. The summed E-state index contributed by atoms with van der Waals surface area (Å²) in [4.78, 5) is 13.1. The number of hydrogen-bond acceptors (Lipinski definition) is 2. The Morgan fingerprint density at radius 2 is 2.00 bits per heavy atom. The van der Waals surface area contributed by atoms with Crippen molar-refractivity contribution in [3.8, 4) is 0 Å². The first-order valence-electron chi connectivity index (χ1n) is 7.62. The highest BCUT2D eigenvalue weighted by molar-refractivity contribution is 5.82. The number of carbonyl (C=O) groups is 1. The number of rotatable bonds is 5. The molecule has 1 heterocycles. The molecule has 1 fully saturated rings. The van der Waals surface area contributed by atoms with E-state index in [1.165, 1.54) is 16.3 Å². The normalized spacial score (nSPS) is 19.1. The maximum Gasteiger partial charge on any atom is 0.303 e. The maximum atomic E-state index is 10.6. The summed E-state index contributed by atoms with van der Waals surface area (Å²) in [6.45, 7) is 3.08. The van der Waals surface area contributed by atoms with E-state index in [0.717, 1.165) is 32.5 Å². The minimum Gasteiger partial charge on any atom is -0.481 e. The molecule has 1 saturated heterocycles. The zero-order valence-electron chi connectivity index (χ0n) is 12.2. The van der Waals surface area contributed by atoms with Crippen LogP contribution in [0.3, 0.4) is 0 Å². The number of hydrogen-bond donors (Lipinski definition) is 1. The molecule has 1 aliphatic heterocycles. The summed E-state index contributed by atoms with van der Waals surface area (Å²) >= 11 is 0. The van der Waals surface area contributed by atoms with E-state index in [2.05, 4.69) is 47.4 Å². The molecule has 1 aliphatic rings. The van der Waals surface area contributed by atoms with Crippen LogP contribution in [-0.2, 0) is 11.3 Å². The zero-order chi connectivity index (χ0) is 14.7. The average Bonchev–Trinajstić information content (AvgIpc) is 2.92. The first-order valence-corrected chi connectivity index (χ1v) is 7.62. The Bertz CT molecular complexity index is 638. The van der Waals surface area contributed by atoms with Gasteiger partial charge in [-0.25, -0.2) is 0 Å². The highest BCUT2D eigenvalue weighted by Crippen LogP contribution is 2.24. The lowest BCUT2D eigenvalue weighted by Crippen LogP contribution is -2.20. The highest BCUT2D eigenvalue weighted by atomic mass is 16.4. The minimum atomic E-state index is -0.678. The first-order chi connectivity index (χ1) is 10.2. The molecule has 1 unspecified atom stereocenters. The van der Waals surface area contributed by atoms with Gasteiger partial charge in [-0.1, -0.05) is 36.4 Å². The van der Waals surface area contributed by atoms with Crippen molar-refractivity contribution >= 4 is 16.7 Å². The van der Waals surface area contributed by atoms with Gasteiger partial charge in [0.1, 0.15) is 0 Å². The molecule has 0 saturated carbocycles. The highest BCUT2D eigenvalue weighted by Gasteiger charge is 2.22. The molecule has 3 heteroatoms. The Morgan fingerprint density at radius 3 is 2.81 bits per heavy atom. The van der Waals surface area contributed by atoms with E-state index in [1.807, 2.05) is 0 Å². The van der Waals surface area contributed by atoms with Crippen molar-refractivity contribution in [3.63, 3.8) is 0 Å². The third-order valence-electron chi connectivity index (χ3n) is 4.36. The maximum absolute atomic E-state index is 10.6. The number of aliphatic carboxylic acids is 1. The molecule has 1 N–H and O–H groups in total. The summed E-state index contributed by atoms with van der Waals surface area (Å²) in [6, 6.07) is 15.1. The molecule has 1 atom stereocenters. The molecule has 110 valence electrons. The van der Waals surface area contributed by atoms with Gasteiger partial charge in [0.05, 0.1) is 0 Å². The number of benzene rings is 2. The van der Waals surface area contributed by atoms with Crippen molar-refractivity contribution in [1.29, 1.82) is 0 Å². The fourth-order valence-corrected chi connectivity index (χ4v) is 3.22. The van der Waals surface area contributed by atoms with Gasteiger partial charge in [0.2, 0.25) is 0 Å². The quantitative estimate of drug-likeness (QED) is 0.912. The monoisotopic (exact) mass is 283 g/mol. The third-order valence-corrected chi connectivity index (χ3v) is 4.36. The SMILES string of the molecule is O=C(O)CCC1CCN(Cc2ccc3ccccc3c2)C1. The molecule has 0 spiro atoms. The van der Waals surface area contributed by atoms with Gasteiger partial charge in [-0.05, 0) is 47.7 Å². The topological polar surface area (TPSA) is 40.5 Å². The summed E-state index contributed by atoms with van der Waals surface area (Å²) in [6.07, 6.45) is 2.24. The van der Waals surface area contributed by atoms with Gasteiger partial charge < -0.3 is 5.11 Å². The van der Waals surface area contributed by atoms with Crippen LogP contribution >= 0.6 is 0 Å². The third kappa shape index (κ3) is 3.61. The van der Waals surface area contributed by atoms with Crippen molar-refractivity contribution in [2.45, 2.75) is 25.8 Å². The number of nitrogens with zero attached hydrogens (tertiary/aromatic N) is 1. The largest absolute Gasteiger partial charge is 0.481 e. The van der Waals surface area contributed by atoms with E-state index in [-0.39, 0.29) is 0 Å². The molecule has 0 amide bonds. The van der Waals surface area contributed by atoms with Crippen molar-refractivity contribution in [2.24, 2.45) is 5.92 Å². The molecule has 21 heavy (non-hydrogen) atoms. The van der Waals surface area contributed by atoms with E-state index >= 15 is 0 Å². The van der Waals surface area contributed by atoms with Crippen molar-refractivity contribution < 1.29 is 9.90 Å². The second-order valence-electron chi connectivity index (χ2n) is 6.00. The van der Waals surface area contributed by atoms with Gasteiger partial charge in [0.15, 0.2) is 0 Å². The number of carboxylic acid groups (broad SMARTS) is 1. The molecular weight excluding hydrogens is 262 g/mol. The van der Waals surface area contributed by atoms with E-state index in [0.29, 0.717) is 12.3 Å². The van der Waals surface area contributed by atoms with E-state index in [4.69, 9.17) is 5.11 Å². The van der Waals surface area contributed by atoms with E-state index in [1.54, 1.807) is 0 Å². The summed E-state index contributed by atoms with van der Waals surface area (Å²) in [5, 5.41) is 11.3. The number of likely N-dealkylation sites (tertiary alicyclic amines) is 1. The van der Waals surface area contributed by atoms with Gasteiger partial charge in [0.25, 0.3) is 0 Å². The summed E-state index contributed by atoms with van der Waals surface area (Å²) < 4.78 is 0. The molecule has 2 aromatic rings. The van der Waals surface area contributed by atoms with Crippen LogP contribution in [0.5, 0.6) is 0 Å². The zero-order valence-corrected chi connectivity index (χ0v) is 12.2. The Kier molecular flexibility index (Phi) is 4.20. The Hall–Kier alpha value is -1.87. The van der Waals surface area contributed by atoms with Crippen LogP contribution in [0.1, 0.15) is 24.8 Å². The van der Waals surface area contributed by atoms with Crippen LogP contribution in [0.4, 0.5) is 0 Å². The van der Waals surface area contributed by atoms with Crippen molar-refractivity contribution in [2.75, 3.05) is 13.1 Å². The van der Waals surface area contributed by atoms with E-state index in [9.17, 15) is 4.79 Å². The van der Waals surface area contributed by atoms with Crippen LogP contribution in [0.15, 0.2) is 42.5 Å². The Morgan fingerprint density at radius 1 is 1.19 bits per heavy atom. The van der Waals surface area contributed by atoms with Crippen molar-refractivity contribution in [3.05, 3.63) is 48.0 Å². The molecule has 3 nitrogen and oxygen atoms in total. The molecule has 2 aromatic carbocycles. The van der Waals surface area contributed by atoms with Gasteiger partial charge >= 0.3 is 5.97 Å². The molecule has 0 aliphatic carbocycles. The second-order valence-corrected chi connectivity index (χ2v) is 6.00. The van der Waals surface area contributed by atoms with Crippen LogP contribution in [0.2, 0.25) is 0 Å². The van der Waals surface area contributed by atoms with Gasteiger partial charge in [-0.2, -0.15) is 0 Å². The predicted molar refractivity (Wildman–Crippen MR) is 84.2 cm³/mol. The van der Waals surface area contributed by atoms with Crippen molar-refractivity contribution in [1.82, 2.24) is 4.90 Å². The van der Waals surface area contributed by atoms with Gasteiger partial charge in [-0.15, -0.1) is 0 Å². The number of fused-ring (bicyclic) bond motifs is 1. The van der Waals surface area contributed by atoms with Crippen LogP contribution in [0, 0.1) is 5.92 Å². The van der Waals surface area contributed by atoms with Gasteiger partial charge in [0, 0.05) is 19.5 Å². The molecule has 0 aromatic heterocycles. The standard InChI is InChI=1S/C18H21NO2/c20-18(21)8-6-14-9-10-19(12-14)13-15-5-7-16-3-1-2-4-17(16)11-15/h1-5,7,11,14H,6,8-10,12-13H2,(H,20,21). The van der Waals surface area contributed by atoms with Crippen LogP contribution in [0.25, 0.3) is 10.8 Å². The Labute approximate surface area is 125 Å². The Balaban J connectivity index is 1.60. The second kappa shape index (κ2) is 6.27. The minimum absolute atomic E-state index is 0.300. The smallest absolute Gasteiger partial charge is 0.303 e. The number of carboxylic acids is 1. The van der Waals surface area contributed by atoms with Crippen LogP contribution < -0.4 is 0 Å². The summed E-state index contributed by atoms with van der Waals surface area (Å²) in [5.74, 6) is -0.135. The fourth-order valence-electron chi connectivity index (χ4n) is 3.22. The van der Waals surface area contributed by atoms with E-state index < -0.39 is 5.97 Å². The lowest BCUT2D eigenvalue weighted by atomic mass is 10.0. The van der Waals surface area contributed by atoms with Crippen LogP contribution in [-0.4, -0.2) is 29.1 Å². The van der Waals surface area contributed by atoms with Gasteiger partial charge in [-0.3, -0.25) is 9.69 Å². The lowest BCUT2D eigenvalue weighted by molar-refractivity contribution is -0.137. The fraction of sp³-hybridized carbons (Fsp3) is 0.389.